The van der Waals surface area contributed by atoms with Crippen LogP contribution in [0.2, 0.25) is 0 Å². The molecule has 4 nitrogen and oxygen atoms in total. The van der Waals surface area contributed by atoms with E-state index in [1.807, 2.05) is 31.2 Å². The normalized spacial score (nSPS) is 14.1. The van der Waals surface area contributed by atoms with Crippen molar-refractivity contribution in [3.8, 4) is 0 Å². The average molecular weight is 321 g/mol. The van der Waals surface area contributed by atoms with Gasteiger partial charge >= 0.3 is 0 Å². The van der Waals surface area contributed by atoms with Crippen LogP contribution < -0.4 is 5.43 Å². The van der Waals surface area contributed by atoms with Crippen molar-refractivity contribution in [1.29, 1.82) is 0 Å². The SMILES string of the molecule is Cc1ccc(/C=N\NC(=O)CN2Cc3cc(C)c(C)cc3C2)cc1. The summed E-state index contributed by atoms with van der Waals surface area (Å²) in [6.07, 6.45) is 1.67. The molecule has 0 unspecified atom stereocenters. The summed E-state index contributed by atoms with van der Waals surface area (Å²) in [7, 11) is 0. The fourth-order valence-electron chi connectivity index (χ4n) is 2.95. The lowest BCUT2D eigenvalue weighted by atomic mass is 10.0. The van der Waals surface area contributed by atoms with Gasteiger partial charge in [-0.05, 0) is 48.6 Å². The maximum atomic E-state index is 12.1. The Morgan fingerprint density at radius 3 is 2.25 bits per heavy atom. The van der Waals surface area contributed by atoms with Gasteiger partial charge in [-0.15, -0.1) is 0 Å². The number of hydrogen-bond acceptors (Lipinski definition) is 3. The number of carbonyl (C=O) groups is 1. The van der Waals surface area contributed by atoms with Crippen LogP contribution in [0.1, 0.15) is 33.4 Å². The van der Waals surface area contributed by atoms with Gasteiger partial charge in [0.15, 0.2) is 0 Å². The van der Waals surface area contributed by atoms with Gasteiger partial charge < -0.3 is 0 Å². The molecule has 1 amide bonds. The fraction of sp³-hybridized carbons (Fsp3) is 0.300. The molecular weight excluding hydrogens is 298 g/mol. The highest BCUT2D eigenvalue weighted by molar-refractivity contribution is 5.83. The predicted octanol–water partition coefficient (Wildman–Crippen LogP) is 3.08. The summed E-state index contributed by atoms with van der Waals surface area (Å²) in [5.74, 6) is -0.0837. The highest BCUT2D eigenvalue weighted by atomic mass is 16.2. The third kappa shape index (κ3) is 3.89. The minimum atomic E-state index is -0.0837. The number of carbonyl (C=O) groups excluding carboxylic acids is 1. The zero-order valence-corrected chi connectivity index (χ0v) is 14.5. The molecule has 0 spiro atoms. The van der Waals surface area contributed by atoms with E-state index in [0.29, 0.717) is 6.54 Å². The van der Waals surface area contributed by atoms with Crippen molar-refractivity contribution in [1.82, 2.24) is 10.3 Å². The van der Waals surface area contributed by atoms with Gasteiger partial charge in [0.05, 0.1) is 12.8 Å². The van der Waals surface area contributed by atoms with Crippen molar-refractivity contribution in [2.24, 2.45) is 5.10 Å². The molecule has 1 heterocycles. The maximum Gasteiger partial charge on any atom is 0.254 e. The van der Waals surface area contributed by atoms with Crippen LogP contribution >= 0.6 is 0 Å². The molecule has 0 radical (unpaired) electrons. The molecule has 0 aliphatic carbocycles. The van der Waals surface area contributed by atoms with Gasteiger partial charge in [-0.25, -0.2) is 5.43 Å². The molecule has 1 N–H and O–H groups in total. The largest absolute Gasteiger partial charge is 0.286 e. The Morgan fingerprint density at radius 1 is 1.08 bits per heavy atom. The Kier molecular flexibility index (Phi) is 4.76. The van der Waals surface area contributed by atoms with Crippen LogP contribution in [0.4, 0.5) is 0 Å². The lowest BCUT2D eigenvalue weighted by Crippen LogP contribution is -2.32. The minimum absolute atomic E-state index is 0.0837. The summed E-state index contributed by atoms with van der Waals surface area (Å²) in [4.78, 5) is 14.2. The van der Waals surface area contributed by atoms with E-state index in [-0.39, 0.29) is 5.91 Å². The number of hydrazone groups is 1. The second-order valence-corrected chi connectivity index (χ2v) is 6.55. The number of amides is 1. The standard InChI is InChI=1S/C20H23N3O/c1-14-4-6-17(7-5-14)10-21-22-20(24)13-23-11-18-8-15(2)16(3)9-19(18)12-23/h4-10H,11-13H2,1-3H3,(H,22,24)/b21-10-. The van der Waals surface area contributed by atoms with Crippen LogP contribution in [0, 0.1) is 20.8 Å². The van der Waals surface area contributed by atoms with E-state index in [9.17, 15) is 4.79 Å². The van der Waals surface area contributed by atoms with Gasteiger partial charge in [-0.1, -0.05) is 42.0 Å². The number of hydrogen-bond donors (Lipinski definition) is 1. The number of nitrogens with zero attached hydrogens (tertiary/aromatic N) is 2. The Balaban J connectivity index is 1.52. The fourth-order valence-corrected chi connectivity index (χ4v) is 2.95. The summed E-state index contributed by atoms with van der Waals surface area (Å²) in [5.41, 5.74) is 10.1. The molecule has 0 fully saturated rings. The number of fused-ring (bicyclic) bond motifs is 1. The first-order valence-corrected chi connectivity index (χ1v) is 8.21. The third-order valence-corrected chi connectivity index (χ3v) is 4.45. The van der Waals surface area contributed by atoms with Gasteiger partial charge in [-0.3, -0.25) is 9.69 Å². The first-order chi connectivity index (χ1) is 11.5. The second-order valence-electron chi connectivity index (χ2n) is 6.55. The third-order valence-electron chi connectivity index (χ3n) is 4.45. The van der Waals surface area contributed by atoms with Crippen LogP contribution in [0.3, 0.4) is 0 Å². The molecule has 4 heteroatoms. The number of nitrogens with one attached hydrogen (secondary N) is 1. The molecule has 0 saturated carbocycles. The Bertz CT molecular complexity index is 747. The highest BCUT2D eigenvalue weighted by Crippen LogP contribution is 2.25. The van der Waals surface area contributed by atoms with Crippen LogP contribution in [0.25, 0.3) is 0 Å². The van der Waals surface area contributed by atoms with E-state index < -0.39 is 0 Å². The van der Waals surface area contributed by atoms with Gasteiger partial charge in [-0.2, -0.15) is 5.10 Å². The van der Waals surface area contributed by atoms with Crippen molar-refractivity contribution < 1.29 is 4.79 Å². The van der Waals surface area contributed by atoms with Gasteiger partial charge in [0.25, 0.3) is 5.91 Å². The molecule has 2 aromatic rings. The molecule has 0 saturated heterocycles. The highest BCUT2D eigenvalue weighted by Gasteiger charge is 2.21. The summed E-state index contributed by atoms with van der Waals surface area (Å²) < 4.78 is 0. The van der Waals surface area contributed by atoms with E-state index >= 15 is 0 Å². The molecule has 24 heavy (non-hydrogen) atoms. The van der Waals surface area contributed by atoms with Crippen molar-refractivity contribution in [2.75, 3.05) is 6.54 Å². The molecule has 0 bridgehead atoms. The lowest BCUT2D eigenvalue weighted by Gasteiger charge is -2.12. The van der Waals surface area contributed by atoms with Crippen molar-refractivity contribution in [3.05, 3.63) is 69.8 Å². The molecular formula is C20H23N3O. The van der Waals surface area contributed by atoms with Crippen LogP contribution in [-0.4, -0.2) is 23.6 Å². The van der Waals surface area contributed by atoms with Gasteiger partial charge in [0.1, 0.15) is 0 Å². The quantitative estimate of drug-likeness (QED) is 0.695. The van der Waals surface area contributed by atoms with E-state index in [1.165, 1.54) is 27.8 Å². The molecule has 0 atom stereocenters. The van der Waals surface area contributed by atoms with Crippen molar-refractivity contribution in [3.63, 3.8) is 0 Å². The summed E-state index contributed by atoms with van der Waals surface area (Å²) >= 11 is 0. The second kappa shape index (κ2) is 6.97. The monoisotopic (exact) mass is 321 g/mol. The number of aryl methyl sites for hydroxylation is 3. The Morgan fingerprint density at radius 2 is 1.67 bits per heavy atom. The molecule has 0 aromatic heterocycles. The summed E-state index contributed by atoms with van der Waals surface area (Å²) in [6, 6.07) is 12.5. The molecule has 3 rings (SSSR count). The maximum absolute atomic E-state index is 12.1. The summed E-state index contributed by atoms with van der Waals surface area (Å²) in [5, 5.41) is 4.04. The topological polar surface area (TPSA) is 44.7 Å². The smallest absolute Gasteiger partial charge is 0.254 e. The average Bonchev–Trinajstić information content (AvgIpc) is 2.90. The van der Waals surface area contributed by atoms with E-state index in [1.54, 1.807) is 6.21 Å². The number of benzene rings is 2. The van der Waals surface area contributed by atoms with Crippen molar-refractivity contribution >= 4 is 12.1 Å². The summed E-state index contributed by atoms with van der Waals surface area (Å²) in [6.45, 7) is 8.31. The van der Waals surface area contributed by atoms with Crippen LogP contribution in [0.15, 0.2) is 41.5 Å². The van der Waals surface area contributed by atoms with Crippen molar-refractivity contribution in [2.45, 2.75) is 33.9 Å². The molecule has 124 valence electrons. The zero-order chi connectivity index (χ0) is 17.1. The predicted molar refractivity (Wildman–Crippen MR) is 96.9 cm³/mol. The molecule has 2 aromatic carbocycles. The first-order valence-electron chi connectivity index (χ1n) is 8.21. The first kappa shape index (κ1) is 16.4. The minimum Gasteiger partial charge on any atom is -0.286 e. The Labute approximate surface area is 143 Å². The zero-order valence-electron chi connectivity index (χ0n) is 14.5. The number of rotatable bonds is 4. The van der Waals surface area contributed by atoms with Gasteiger partial charge in [0, 0.05) is 13.1 Å². The molecule has 1 aliphatic heterocycles. The van der Waals surface area contributed by atoms with E-state index in [2.05, 4.69) is 41.4 Å². The van der Waals surface area contributed by atoms with Crippen LogP contribution in [0.5, 0.6) is 0 Å². The van der Waals surface area contributed by atoms with E-state index in [0.717, 1.165) is 18.7 Å². The Hall–Kier alpha value is -2.46. The molecule has 1 aliphatic rings. The lowest BCUT2D eigenvalue weighted by molar-refractivity contribution is -0.122. The van der Waals surface area contributed by atoms with Gasteiger partial charge in [0.2, 0.25) is 0 Å². The van der Waals surface area contributed by atoms with E-state index in [4.69, 9.17) is 0 Å². The van der Waals surface area contributed by atoms with Crippen LogP contribution in [-0.2, 0) is 17.9 Å².